The molecule has 1 unspecified atom stereocenters. The molecule has 1 N–H and O–H groups in total. The van der Waals surface area contributed by atoms with Crippen LogP contribution in [0.1, 0.15) is 60.9 Å². The van der Waals surface area contributed by atoms with Gasteiger partial charge in [-0.1, -0.05) is 37.0 Å². The van der Waals surface area contributed by atoms with Gasteiger partial charge in [-0.3, -0.25) is 4.79 Å². The summed E-state index contributed by atoms with van der Waals surface area (Å²) in [6, 6.07) is 8.17. The smallest absolute Gasteiger partial charge is 0.251 e. The zero-order valence-corrected chi connectivity index (χ0v) is 14.4. The molecule has 0 spiro atoms. The summed E-state index contributed by atoms with van der Waals surface area (Å²) < 4.78 is 0. The van der Waals surface area contributed by atoms with Gasteiger partial charge in [0.1, 0.15) is 0 Å². The van der Waals surface area contributed by atoms with E-state index in [1.165, 1.54) is 51.6 Å². The Morgan fingerprint density at radius 1 is 1.17 bits per heavy atom. The number of piperidine rings is 1. The first-order chi connectivity index (χ1) is 11.2. The molecular formula is C20H30N2O. The lowest BCUT2D eigenvalue weighted by Crippen LogP contribution is -2.48. The van der Waals surface area contributed by atoms with Crippen molar-refractivity contribution in [3.05, 3.63) is 35.4 Å². The SMILES string of the molecule is Cc1cccc(C(=O)NC2CCCN(CC3CCCCC3)C2)c1. The van der Waals surface area contributed by atoms with Crippen LogP contribution in [0, 0.1) is 12.8 Å². The van der Waals surface area contributed by atoms with Crippen LogP contribution in [-0.2, 0) is 0 Å². The molecule has 1 amide bonds. The van der Waals surface area contributed by atoms with Gasteiger partial charge in [0.05, 0.1) is 0 Å². The second-order valence-corrected chi connectivity index (χ2v) is 7.45. The average Bonchev–Trinajstić information content (AvgIpc) is 2.56. The Labute approximate surface area is 140 Å². The predicted molar refractivity (Wildman–Crippen MR) is 94.7 cm³/mol. The van der Waals surface area contributed by atoms with Crippen molar-refractivity contribution in [1.29, 1.82) is 0 Å². The zero-order valence-electron chi connectivity index (χ0n) is 14.4. The van der Waals surface area contributed by atoms with Gasteiger partial charge in [0.2, 0.25) is 0 Å². The average molecular weight is 314 g/mol. The van der Waals surface area contributed by atoms with Crippen molar-refractivity contribution in [3.63, 3.8) is 0 Å². The monoisotopic (exact) mass is 314 g/mol. The normalized spacial score (nSPS) is 23.6. The fourth-order valence-corrected chi connectivity index (χ4v) is 4.13. The van der Waals surface area contributed by atoms with E-state index in [0.29, 0.717) is 6.04 Å². The first-order valence-electron chi connectivity index (χ1n) is 9.30. The summed E-state index contributed by atoms with van der Waals surface area (Å²) in [5.74, 6) is 0.966. The molecule has 2 fully saturated rings. The molecule has 1 aromatic carbocycles. The highest BCUT2D eigenvalue weighted by molar-refractivity contribution is 5.94. The molecule has 3 heteroatoms. The standard InChI is InChI=1S/C20H30N2O/c1-16-7-5-10-18(13-16)20(23)21-19-11-6-12-22(15-19)14-17-8-3-2-4-9-17/h5,7,10,13,17,19H,2-4,6,8-9,11-12,14-15H2,1H3,(H,21,23). The van der Waals surface area contributed by atoms with Crippen LogP contribution in [-0.4, -0.2) is 36.5 Å². The molecule has 1 aliphatic heterocycles. The molecule has 126 valence electrons. The van der Waals surface area contributed by atoms with E-state index in [1.54, 1.807) is 0 Å². The van der Waals surface area contributed by atoms with Crippen molar-refractivity contribution in [2.75, 3.05) is 19.6 Å². The van der Waals surface area contributed by atoms with Gasteiger partial charge in [-0.15, -0.1) is 0 Å². The van der Waals surface area contributed by atoms with E-state index in [2.05, 4.69) is 10.2 Å². The summed E-state index contributed by atoms with van der Waals surface area (Å²) in [6.45, 7) is 5.49. The Morgan fingerprint density at radius 2 is 2.00 bits per heavy atom. The third kappa shape index (κ3) is 4.81. The number of nitrogens with zero attached hydrogens (tertiary/aromatic N) is 1. The van der Waals surface area contributed by atoms with Crippen LogP contribution in [0.25, 0.3) is 0 Å². The van der Waals surface area contributed by atoms with Gasteiger partial charge in [-0.25, -0.2) is 0 Å². The molecule has 0 radical (unpaired) electrons. The quantitative estimate of drug-likeness (QED) is 0.917. The van der Waals surface area contributed by atoms with E-state index in [-0.39, 0.29) is 5.91 Å². The molecule has 1 saturated carbocycles. The Bertz CT molecular complexity index is 522. The number of rotatable bonds is 4. The Morgan fingerprint density at radius 3 is 2.78 bits per heavy atom. The Kier molecular flexibility index (Phi) is 5.71. The number of carbonyl (C=O) groups excluding carboxylic acids is 1. The van der Waals surface area contributed by atoms with Crippen molar-refractivity contribution in [2.45, 2.75) is 57.9 Å². The number of hydrogen-bond acceptors (Lipinski definition) is 2. The minimum Gasteiger partial charge on any atom is -0.348 e. The van der Waals surface area contributed by atoms with E-state index in [9.17, 15) is 4.79 Å². The second kappa shape index (κ2) is 7.96. The van der Waals surface area contributed by atoms with Crippen LogP contribution < -0.4 is 5.32 Å². The number of amides is 1. The zero-order chi connectivity index (χ0) is 16.1. The molecule has 0 bridgehead atoms. The van der Waals surface area contributed by atoms with E-state index in [4.69, 9.17) is 0 Å². The number of nitrogens with one attached hydrogen (secondary N) is 1. The van der Waals surface area contributed by atoms with Crippen LogP contribution >= 0.6 is 0 Å². The Hall–Kier alpha value is -1.35. The van der Waals surface area contributed by atoms with Crippen molar-refractivity contribution < 1.29 is 4.79 Å². The highest BCUT2D eigenvalue weighted by Gasteiger charge is 2.24. The maximum Gasteiger partial charge on any atom is 0.251 e. The highest BCUT2D eigenvalue weighted by Crippen LogP contribution is 2.25. The molecule has 3 nitrogen and oxygen atoms in total. The maximum atomic E-state index is 12.4. The van der Waals surface area contributed by atoms with Gasteiger partial charge < -0.3 is 10.2 Å². The van der Waals surface area contributed by atoms with Gasteiger partial charge in [0.25, 0.3) is 5.91 Å². The number of benzene rings is 1. The number of aryl methyl sites for hydroxylation is 1. The molecule has 23 heavy (non-hydrogen) atoms. The maximum absolute atomic E-state index is 12.4. The predicted octanol–water partition coefficient (Wildman–Crippen LogP) is 3.77. The number of carbonyl (C=O) groups is 1. The van der Waals surface area contributed by atoms with Crippen LogP contribution in [0.2, 0.25) is 0 Å². The summed E-state index contributed by atoms with van der Waals surface area (Å²) in [4.78, 5) is 15.0. The van der Waals surface area contributed by atoms with Gasteiger partial charge in [0.15, 0.2) is 0 Å². The molecule has 2 aliphatic rings. The number of likely N-dealkylation sites (tertiary alicyclic amines) is 1. The van der Waals surface area contributed by atoms with Crippen molar-refractivity contribution in [1.82, 2.24) is 10.2 Å². The topological polar surface area (TPSA) is 32.3 Å². The van der Waals surface area contributed by atoms with E-state index < -0.39 is 0 Å². The molecule has 1 heterocycles. The second-order valence-electron chi connectivity index (χ2n) is 7.45. The third-order valence-electron chi connectivity index (χ3n) is 5.36. The minimum absolute atomic E-state index is 0.0817. The molecule has 1 atom stereocenters. The molecule has 1 aromatic rings. The lowest BCUT2D eigenvalue weighted by molar-refractivity contribution is 0.0890. The minimum atomic E-state index is 0.0817. The lowest BCUT2D eigenvalue weighted by Gasteiger charge is -2.36. The fraction of sp³-hybridized carbons (Fsp3) is 0.650. The highest BCUT2D eigenvalue weighted by atomic mass is 16.1. The first-order valence-corrected chi connectivity index (χ1v) is 9.30. The first kappa shape index (κ1) is 16.5. The van der Waals surface area contributed by atoms with E-state index in [1.807, 2.05) is 31.2 Å². The van der Waals surface area contributed by atoms with Crippen molar-refractivity contribution >= 4 is 5.91 Å². The summed E-state index contributed by atoms with van der Waals surface area (Å²) in [7, 11) is 0. The third-order valence-corrected chi connectivity index (χ3v) is 5.36. The molecule has 0 aromatic heterocycles. The van der Waals surface area contributed by atoms with Gasteiger partial charge in [-0.05, 0) is 57.2 Å². The summed E-state index contributed by atoms with van der Waals surface area (Å²) in [6.07, 6.45) is 9.35. The van der Waals surface area contributed by atoms with Crippen LogP contribution in [0.4, 0.5) is 0 Å². The largest absolute Gasteiger partial charge is 0.348 e. The van der Waals surface area contributed by atoms with E-state index in [0.717, 1.165) is 30.0 Å². The van der Waals surface area contributed by atoms with Crippen LogP contribution in [0.5, 0.6) is 0 Å². The van der Waals surface area contributed by atoms with Gasteiger partial charge in [0, 0.05) is 24.7 Å². The van der Waals surface area contributed by atoms with Gasteiger partial charge >= 0.3 is 0 Å². The molecular weight excluding hydrogens is 284 g/mol. The Balaban J connectivity index is 1.50. The molecule has 1 saturated heterocycles. The fourth-order valence-electron chi connectivity index (χ4n) is 4.13. The molecule has 3 rings (SSSR count). The summed E-state index contributed by atoms with van der Waals surface area (Å²) >= 11 is 0. The summed E-state index contributed by atoms with van der Waals surface area (Å²) in [5, 5.41) is 3.25. The van der Waals surface area contributed by atoms with Crippen molar-refractivity contribution in [3.8, 4) is 0 Å². The van der Waals surface area contributed by atoms with Gasteiger partial charge in [-0.2, -0.15) is 0 Å². The van der Waals surface area contributed by atoms with Crippen molar-refractivity contribution in [2.24, 2.45) is 5.92 Å². The van der Waals surface area contributed by atoms with E-state index >= 15 is 0 Å². The lowest BCUT2D eigenvalue weighted by atomic mass is 9.88. The van der Waals surface area contributed by atoms with Crippen LogP contribution in [0.15, 0.2) is 24.3 Å². The summed E-state index contributed by atoms with van der Waals surface area (Å²) in [5.41, 5.74) is 1.93. The van der Waals surface area contributed by atoms with Crippen LogP contribution in [0.3, 0.4) is 0 Å². The number of hydrogen-bond donors (Lipinski definition) is 1. The molecule has 1 aliphatic carbocycles.